The maximum atomic E-state index is 12.3. The number of nitrogens with two attached hydrogens (primary N) is 1. The Hall–Kier alpha value is -3.93. The Morgan fingerprint density at radius 3 is 2.52 bits per heavy atom. The molecule has 0 aliphatic heterocycles. The Kier molecular flexibility index (Phi) is 8.52. The molecule has 164 valence electrons. The molecule has 0 saturated carbocycles. The average molecular weight is 425 g/mol. The SMILES string of the molecule is CCC(CC#N)OC(=O)N[C@@H](C)c1cccc(NC(=O)Nc2ccc(N)c(OC)c2)c1. The summed E-state index contributed by atoms with van der Waals surface area (Å²) in [5.41, 5.74) is 8.10. The Morgan fingerprint density at radius 1 is 1.16 bits per heavy atom. The van der Waals surface area contributed by atoms with E-state index in [-0.39, 0.29) is 12.5 Å². The van der Waals surface area contributed by atoms with Gasteiger partial charge in [-0.15, -0.1) is 0 Å². The van der Waals surface area contributed by atoms with Gasteiger partial charge in [0.25, 0.3) is 0 Å². The van der Waals surface area contributed by atoms with E-state index in [2.05, 4.69) is 16.0 Å². The number of methoxy groups -OCH3 is 1. The molecule has 0 saturated heterocycles. The number of urea groups is 1. The van der Waals surface area contributed by atoms with Crippen LogP contribution in [0.3, 0.4) is 0 Å². The van der Waals surface area contributed by atoms with E-state index in [0.717, 1.165) is 5.56 Å². The van der Waals surface area contributed by atoms with Gasteiger partial charge in [0.05, 0.1) is 31.3 Å². The lowest BCUT2D eigenvalue weighted by Gasteiger charge is -2.18. The highest BCUT2D eigenvalue weighted by atomic mass is 16.6. The molecule has 2 aromatic carbocycles. The minimum absolute atomic E-state index is 0.146. The number of hydrogen-bond donors (Lipinski definition) is 4. The quantitative estimate of drug-likeness (QED) is 0.462. The molecule has 9 nitrogen and oxygen atoms in total. The van der Waals surface area contributed by atoms with E-state index in [4.69, 9.17) is 20.5 Å². The third-order valence-corrected chi connectivity index (χ3v) is 4.52. The summed E-state index contributed by atoms with van der Waals surface area (Å²) >= 11 is 0. The van der Waals surface area contributed by atoms with Crippen molar-refractivity contribution in [3.8, 4) is 11.8 Å². The summed E-state index contributed by atoms with van der Waals surface area (Å²) < 4.78 is 10.4. The molecule has 9 heteroatoms. The lowest BCUT2D eigenvalue weighted by molar-refractivity contribution is 0.0950. The number of hydrogen-bond acceptors (Lipinski definition) is 6. The molecule has 1 unspecified atom stereocenters. The van der Waals surface area contributed by atoms with Gasteiger partial charge in [0.2, 0.25) is 0 Å². The number of alkyl carbamates (subject to hydrolysis) is 1. The van der Waals surface area contributed by atoms with Crippen molar-refractivity contribution < 1.29 is 19.1 Å². The number of carbonyl (C=O) groups excluding carboxylic acids is 2. The largest absolute Gasteiger partial charge is 0.495 e. The number of carbonyl (C=O) groups is 2. The first kappa shape index (κ1) is 23.3. The average Bonchev–Trinajstić information content (AvgIpc) is 2.74. The number of amides is 3. The lowest BCUT2D eigenvalue weighted by atomic mass is 10.1. The van der Waals surface area contributed by atoms with Crippen molar-refractivity contribution in [3.05, 3.63) is 48.0 Å². The molecule has 0 aliphatic carbocycles. The molecule has 2 rings (SSSR count). The number of rotatable bonds is 8. The summed E-state index contributed by atoms with van der Waals surface area (Å²) in [4.78, 5) is 24.4. The molecule has 0 spiro atoms. The van der Waals surface area contributed by atoms with Gasteiger partial charge in [-0.05, 0) is 43.2 Å². The zero-order chi connectivity index (χ0) is 22.8. The highest BCUT2D eigenvalue weighted by Gasteiger charge is 2.16. The minimum atomic E-state index is -0.594. The van der Waals surface area contributed by atoms with Crippen molar-refractivity contribution in [2.45, 2.75) is 38.8 Å². The van der Waals surface area contributed by atoms with E-state index in [1.54, 1.807) is 43.3 Å². The minimum Gasteiger partial charge on any atom is -0.495 e. The van der Waals surface area contributed by atoms with E-state index < -0.39 is 18.2 Å². The first-order valence-corrected chi connectivity index (χ1v) is 9.81. The smallest absolute Gasteiger partial charge is 0.407 e. The van der Waals surface area contributed by atoms with E-state index in [9.17, 15) is 9.59 Å². The van der Waals surface area contributed by atoms with Crippen molar-refractivity contribution in [1.82, 2.24) is 5.32 Å². The fourth-order valence-corrected chi connectivity index (χ4v) is 2.78. The van der Waals surface area contributed by atoms with Crippen molar-refractivity contribution in [3.63, 3.8) is 0 Å². The monoisotopic (exact) mass is 425 g/mol. The van der Waals surface area contributed by atoms with Gasteiger partial charge in [-0.1, -0.05) is 19.1 Å². The van der Waals surface area contributed by atoms with Gasteiger partial charge in [-0.2, -0.15) is 5.26 Å². The maximum Gasteiger partial charge on any atom is 0.407 e. The Morgan fingerprint density at radius 2 is 1.87 bits per heavy atom. The van der Waals surface area contributed by atoms with Crippen molar-refractivity contribution in [2.24, 2.45) is 0 Å². The van der Waals surface area contributed by atoms with Crippen molar-refractivity contribution in [1.29, 1.82) is 5.26 Å². The summed E-state index contributed by atoms with van der Waals surface area (Å²) in [6.07, 6.45) is -0.333. The highest BCUT2D eigenvalue weighted by molar-refractivity contribution is 6.00. The van der Waals surface area contributed by atoms with E-state index in [1.807, 2.05) is 19.1 Å². The normalized spacial score (nSPS) is 12.1. The predicted molar refractivity (Wildman–Crippen MR) is 119 cm³/mol. The van der Waals surface area contributed by atoms with E-state index in [1.165, 1.54) is 7.11 Å². The standard InChI is InChI=1S/C22H27N5O4/c1-4-18(10-11-23)31-22(29)25-14(2)15-6-5-7-16(12-15)26-21(28)27-17-8-9-19(24)20(13-17)30-3/h5-9,12-14,18H,4,10,24H2,1-3H3,(H,25,29)(H2,26,27,28)/t14-,18?/m0/s1. The second-order valence-electron chi connectivity index (χ2n) is 6.83. The van der Waals surface area contributed by atoms with Crippen LogP contribution in [0.25, 0.3) is 0 Å². The van der Waals surface area contributed by atoms with Crippen LogP contribution in [0.1, 0.15) is 38.3 Å². The topological polar surface area (TPSA) is 138 Å². The van der Waals surface area contributed by atoms with Crippen LogP contribution in [-0.4, -0.2) is 25.3 Å². The molecule has 0 bridgehead atoms. The van der Waals surface area contributed by atoms with Gasteiger partial charge in [0.1, 0.15) is 11.9 Å². The predicted octanol–water partition coefficient (Wildman–Crippen LogP) is 4.40. The summed E-state index contributed by atoms with van der Waals surface area (Å²) in [5, 5.41) is 17.0. The number of ether oxygens (including phenoxy) is 2. The maximum absolute atomic E-state index is 12.3. The molecule has 0 fully saturated rings. The fourth-order valence-electron chi connectivity index (χ4n) is 2.78. The molecular formula is C22H27N5O4. The van der Waals surface area contributed by atoms with Crippen LogP contribution < -0.4 is 26.4 Å². The Labute approximate surface area is 181 Å². The summed E-state index contributed by atoms with van der Waals surface area (Å²) in [6, 6.07) is 13.2. The van der Waals surface area contributed by atoms with Gasteiger partial charge >= 0.3 is 12.1 Å². The van der Waals surface area contributed by atoms with Crippen LogP contribution in [0.15, 0.2) is 42.5 Å². The first-order chi connectivity index (χ1) is 14.9. The lowest BCUT2D eigenvalue weighted by Crippen LogP contribution is -2.31. The van der Waals surface area contributed by atoms with E-state index in [0.29, 0.717) is 29.2 Å². The molecule has 5 N–H and O–H groups in total. The van der Waals surface area contributed by atoms with Gasteiger partial charge < -0.3 is 31.2 Å². The van der Waals surface area contributed by atoms with Crippen LogP contribution >= 0.6 is 0 Å². The fraction of sp³-hybridized carbons (Fsp3) is 0.318. The van der Waals surface area contributed by atoms with Gasteiger partial charge in [0, 0.05) is 17.4 Å². The number of nitrogen functional groups attached to an aromatic ring is 1. The molecule has 0 heterocycles. The summed E-state index contributed by atoms with van der Waals surface area (Å²) in [6.45, 7) is 3.64. The summed E-state index contributed by atoms with van der Waals surface area (Å²) in [5.74, 6) is 0.465. The Bertz CT molecular complexity index is 957. The van der Waals surface area contributed by atoms with Crippen LogP contribution in [0.5, 0.6) is 5.75 Å². The third-order valence-electron chi connectivity index (χ3n) is 4.52. The third kappa shape index (κ3) is 7.12. The molecule has 0 aromatic heterocycles. The van der Waals surface area contributed by atoms with Crippen LogP contribution in [0, 0.1) is 11.3 Å². The van der Waals surface area contributed by atoms with E-state index >= 15 is 0 Å². The van der Waals surface area contributed by atoms with Gasteiger partial charge in [-0.3, -0.25) is 0 Å². The molecule has 31 heavy (non-hydrogen) atoms. The molecule has 2 aromatic rings. The zero-order valence-corrected chi connectivity index (χ0v) is 17.8. The molecule has 0 radical (unpaired) electrons. The second-order valence-corrected chi connectivity index (χ2v) is 6.83. The first-order valence-electron chi connectivity index (χ1n) is 9.81. The number of nitrogens with zero attached hydrogens (tertiary/aromatic N) is 1. The van der Waals surface area contributed by atoms with Gasteiger partial charge in [0.15, 0.2) is 0 Å². The van der Waals surface area contributed by atoms with Gasteiger partial charge in [-0.25, -0.2) is 9.59 Å². The molecule has 3 amide bonds. The van der Waals surface area contributed by atoms with Crippen LogP contribution in [0.2, 0.25) is 0 Å². The number of benzene rings is 2. The summed E-state index contributed by atoms with van der Waals surface area (Å²) in [7, 11) is 1.50. The van der Waals surface area contributed by atoms with Crippen molar-refractivity contribution in [2.75, 3.05) is 23.5 Å². The van der Waals surface area contributed by atoms with Crippen LogP contribution in [0.4, 0.5) is 26.7 Å². The second kappa shape index (κ2) is 11.3. The highest BCUT2D eigenvalue weighted by Crippen LogP contribution is 2.25. The number of nitriles is 1. The number of anilines is 3. The van der Waals surface area contributed by atoms with Crippen molar-refractivity contribution >= 4 is 29.2 Å². The molecular weight excluding hydrogens is 398 g/mol. The Balaban J connectivity index is 1.97. The zero-order valence-electron chi connectivity index (χ0n) is 17.8. The molecule has 2 atom stereocenters. The van der Waals surface area contributed by atoms with Crippen LogP contribution in [-0.2, 0) is 4.74 Å². The molecule has 0 aliphatic rings. The number of nitrogens with one attached hydrogen (secondary N) is 3.